The molecule has 1 aliphatic rings. The van der Waals surface area contributed by atoms with Crippen LogP contribution in [0.15, 0.2) is 18.2 Å². The normalized spacial score (nSPS) is 13.9. The van der Waals surface area contributed by atoms with Gasteiger partial charge in [-0.1, -0.05) is 6.07 Å². The fraction of sp³-hybridized carbons (Fsp3) is 0.385. The molecule has 0 bridgehead atoms. The quantitative estimate of drug-likeness (QED) is 0.749. The Balaban J connectivity index is 2.06. The van der Waals surface area contributed by atoms with Gasteiger partial charge in [0.25, 0.3) is 11.8 Å². The van der Waals surface area contributed by atoms with E-state index in [1.54, 1.807) is 24.1 Å². The van der Waals surface area contributed by atoms with E-state index in [0.717, 1.165) is 12.8 Å². The van der Waals surface area contributed by atoms with E-state index in [2.05, 4.69) is 0 Å². The summed E-state index contributed by atoms with van der Waals surface area (Å²) in [5, 5.41) is 0. The number of primary amides is 1. The number of amides is 2. The third-order valence-electron chi connectivity index (χ3n) is 3.14. The van der Waals surface area contributed by atoms with Crippen LogP contribution in [0.5, 0.6) is 5.75 Å². The van der Waals surface area contributed by atoms with Gasteiger partial charge in [0, 0.05) is 13.1 Å². The Bertz CT molecular complexity index is 512. The Morgan fingerprint density at radius 3 is 2.68 bits per heavy atom. The van der Waals surface area contributed by atoms with Crippen molar-refractivity contribution in [2.45, 2.75) is 18.9 Å². The second-order valence-corrected chi connectivity index (χ2v) is 4.61. The first-order chi connectivity index (χ1) is 9.00. The lowest BCUT2D eigenvalue weighted by Gasteiger charge is -2.17. The summed E-state index contributed by atoms with van der Waals surface area (Å²) in [6.45, 7) is -0.151. The molecule has 0 heterocycles. The molecule has 0 aromatic heterocycles. The van der Waals surface area contributed by atoms with Crippen LogP contribution in [0.25, 0.3) is 0 Å². The van der Waals surface area contributed by atoms with Gasteiger partial charge >= 0.3 is 0 Å². The fourth-order valence-electron chi connectivity index (χ4n) is 1.81. The first kappa shape index (κ1) is 13.2. The topological polar surface area (TPSA) is 98.7 Å². The van der Waals surface area contributed by atoms with Gasteiger partial charge < -0.3 is 21.1 Å². The number of hydrogen-bond donors (Lipinski definition) is 2. The maximum atomic E-state index is 11.8. The molecular formula is C13H17N3O3. The number of carbonyl (C=O) groups is 2. The molecule has 1 aromatic carbocycles. The molecule has 0 aliphatic heterocycles. The highest BCUT2D eigenvalue weighted by atomic mass is 16.5. The van der Waals surface area contributed by atoms with Crippen molar-refractivity contribution in [1.82, 2.24) is 4.90 Å². The van der Waals surface area contributed by atoms with Crippen LogP contribution in [0.3, 0.4) is 0 Å². The van der Waals surface area contributed by atoms with Crippen LogP contribution in [-0.4, -0.2) is 36.4 Å². The van der Waals surface area contributed by atoms with Crippen molar-refractivity contribution in [3.8, 4) is 5.75 Å². The molecule has 1 aromatic rings. The highest BCUT2D eigenvalue weighted by molar-refractivity contribution is 5.97. The number of ether oxygens (including phenoxy) is 1. The van der Waals surface area contributed by atoms with Gasteiger partial charge in [0.15, 0.2) is 12.4 Å². The van der Waals surface area contributed by atoms with Crippen molar-refractivity contribution in [3.05, 3.63) is 23.8 Å². The van der Waals surface area contributed by atoms with E-state index in [-0.39, 0.29) is 29.5 Å². The van der Waals surface area contributed by atoms with Crippen LogP contribution in [-0.2, 0) is 4.79 Å². The number of nitrogens with two attached hydrogens (primary N) is 2. The number of nitrogens with zero attached hydrogens (tertiary/aromatic N) is 1. The lowest BCUT2D eigenvalue weighted by molar-refractivity contribution is -0.132. The number of hydrogen-bond acceptors (Lipinski definition) is 4. The molecule has 6 nitrogen and oxygen atoms in total. The molecule has 102 valence electrons. The van der Waals surface area contributed by atoms with Crippen LogP contribution < -0.4 is 16.2 Å². The van der Waals surface area contributed by atoms with Gasteiger partial charge in [0.2, 0.25) is 0 Å². The Morgan fingerprint density at radius 1 is 1.42 bits per heavy atom. The molecule has 1 aliphatic carbocycles. The highest BCUT2D eigenvalue weighted by Crippen LogP contribution is 2.27. The predicted octanol–water partition coefficient (Wildman–Crippen LogP) is 0.367. The Morgan fingerprint density at radius 2 is 2.11 bits per heavy atom. The van der Waals surface area contributed by atoms with E-state index in [9.17, 15) is 9.59 Å². The zero-order valence-corrected chi connectivity index (χ0v) is 10.8. The second kappa shape index (κ2) is 5.17. The summed E-state index contributed by atoms with van der Waals surface area (Å²) >= 11 is 0. The second-order valence-electron chi connectivity index (χ2n) is 4.61. The predicted molar refractivity (Wildman–Crippen MR) is 70.7 cm³/mol. The number of likely N-dealkylation sites (N-methyl/N-ethyl adjacent to an activating group) is 1. The lowest BCUT2D eigenvalue weighted by atomic mass is 10.1. The molecule has 0 spiro atoms. The van der Waals surface area contributed by atoms with Crippen molar-refractivity contribution in [2.24, 2.45) is 5.73 Å². The van der Waals surface area contributed by atoms with Crippen molar-refractivity contribution < 1.29 is 14.3 Å². The molecule has 0 radical (unpaired) electrons. The maximum Gasteiger partial charge on any atom is 0.260 e. The number of para-hydroxylation sites is 1. The summed E-state index contributed by atoms with van der Waals surface area (Å²) < 4.78 is 5.37. The minimum atomic E-state index is -0.634. The molecule has 4 N–H and O–H groups in total. The average molecular weight is 263 g/mol. The number of anilines is 1. The molecular weight excluding hydrogens is 246 g/mol. The molecule has 0 saturated heterocycles. The summed E-state index contributed by atoms with van der Waals surface area (Å²) in [6, 6.07) is 5.04. The maximum absolute atomic E-state index is 11.8. The summed E-state index contributed by atoms with van der Waals surface area (Å²) in [5.74, 6) is -0.598. The Labute approximate surface area is 111 Å². The minimum absolute atomic E-state index is 0.138. The van der Waals surface area contributed by atoms with Crippen molar-refractivity contribution in [1.29, 1.82) is 0 Å². The van der Waals surface area contributed by atoms with E-state index < -0.39 is 5.91 Å². The minimum Gasteiger partial charge on any atom is -0.481 e. The molecule has 0 atom stereocenters. The number of nitrogen functional groups attached to an aromatic ring is 1. The van der Waals surface area contributed by atoms with Gasteiger partial charge in [0.05, 0.1) is 11.3 Å². The summed E-state index contributed by atoms with van der Waals surface area (Å²) in [6.07, 6.45) is 2.06. The van der Waals surface area contributed by atoms with E-state index in [4.69, 9.17) is 16.2 Å². The van der Waals surface area contributed by atoms with Crippen molar-refractivity contribution >= 4 is 17.5 Å². The molecule has 1 saturated carbocycles. The third kappa shape index (κ3) is 2.96. The smallest absolute Gasteiger partial charge is 0.260 e. The molecule has 1 fully saturated rings. The van der Waals surface area contributed by atoms with Crippen LogP contribution in [0, 0.1) is 0 Å². The SMILES string of the molecule is CN(C(=O)COc1c(N)cccc1C(N)=O)C1CC1. The van der Waals surface area contributed by atoms with E-state index >= 15 is 0 Å². The van der Waals surface area contributed by atoms with Crippen LogP contribution >= 0.6 is 0 Å². The average Bonchev–Trinajstić information content (AvgIpc) is 3.19. The number of carbonyl (C=O) groups excluding carboxylic acids is 2. The summed E-state index contributed by atoms with van der Waals surface area (Å²) in [5.41, 5.74) is 11.4. The zero-order valence-electron chi connectivity index (χ0n) is 10.8. The summed E-state index contributed by atoms with van der Waals surface area (Å²) in [7, 11) is 1.74. The van der Waals surface area contributed by atoms with Gasteiger partial charge in [-0.3, -0.25) is 9.59 Å². The monoisotopic (exact) mass is 263 g/mol. The van der Waals surface area contributed by atoms with Crippen LogP contribution in [0.2, 0.25) is 0 Å². The van der Waals surface area contributed by atoms with Crippen LogP contribution in [0.4, 0.5) is 5.69 Å². The van der Waals surface area contributed by atoms with Gasteiger partial charge in [-0.05, 0) is 25.0 Å². The lowest BCUT2D eigenvalue weighted by Crippen LogP contribution is -2.33. The first-order valence-electron chi connectivity index (χ1n) is 6.07. The van der Waals surface area contributed by atoms with Crippen LogP contribution in [0.1, 0.15) is 23.2 Å². The molecule has 0 unspecified atom stereocenters. The number of benzene rings is 1. The zero-order chi connectivity index (χ0) is 14.0. The fourth-order valence-corrected chi connectivity index (χ4v) is 1.81. The Hall–Kier alpha value is -2.24. The van der Waals surface area contributed by atoms with Gasteiger partial charge in [-0.2, -0.15) is 0 Å². The van der Waals surface area contributed by atoms with Gasteiger partial charge in [0.1, 0.15) is 0 Å². The Kier molecular flexibility index (Phi) is 3.59. The van der Waals surface area contributed by atoms with Crippen molar-refractivity contribution in [3.63, 3.8) is 0 Å². The standard InChI is InChI=1S/C13H17N3O3/c1-16(8-5-6-8)11(17)7-19-12-9(13(15)18)3-2-4-10(12)14/h2-4,8H,5-7,14H2,1H3,(H2,15,18). The molecule has 19 heavy (non-hydrogen) atoms. The largest absolute Gasteiger partial charge is 0.481 e. The molecule has 2 amide bonds. The van der Waals surface area contributed by atoms with Gasteiger partial charge in [-0.15, -0.1) is 0 Å². The van der Waals surface area contributed by atoms with Crippen molar-refractivity contribution in [2.75, 3.05) is 19.4 Å². The molecule has 2 rings (SSSR count). The first-order valence-corrected chi connectivity index (χ1v) is 6.07. The summed E-state index contributed by atoms with van der Waals surface area (Å²) in [4.78, 5) is 24.8. The van der Waals surface area contributed by atoms with E-state index in [1.807, 2.05) is 0 Å². The highest BCUT2D eigenvalue weighted by Gasteiger charge is 2.29. The third-order valence-corrected chi connectivity index (χ3v) is 3.14. The van der Waals surface area contributed by atoms with E-state index in [1.165, 1.54) is 6.07 Å². The van der Waals surface area contributed by atoms with E-state index in [0.29, 0.717) is 6.04 Å². The number of rotatable bonds is 5. The molecule has 6 heteroatoms. The van der Waals surface area contributed by atoms with Gasteiger partial charge in [-0.25, -0.2) is 0 Å².